The molecule has 0 N–H and O–H groups in total. The Labute approximate surface area is 255 Å². The van der Waals surface area contributed by atoms with Gasteiger partial charge in [-0.05, 0) is 13.8 Å². The Morgan fingerprint density at radius 2 is 0.927 bits per heavy atom. The van der Waals surface area contributed by atoms with Crippen LogP contribution < -0.4 is 31.4 Å². The van der Waals surface area contributed by atoms with E-state index in [2.05, 4.69) is 164 Å². The summed E-state index contributed by atoms with van der Waals surface area (Å²) < 4.78 is -0.0936. The van der Waals surface area contributed by atoms with Gasteiger partial charge in [-0.2, -0.15) is 0 Å². The van der Waals surface area contributed by atoms with Crippen molar-refractivity contribution in [2.45, 2.75) is 23.3 Å². The maximum absolute atomic E-state index is 8.89. The van der Waals surface area contributed by atoms with E-state index >= 15 is 0 Å². The van der Waals surface area contributed by atoms with Crippen LogP contribution in [0.5, 0.6) is 0 Å². The van der Waals surface area contributed by atoms with Crippen molar-refractivity contribution < 1.29 is 38.1 Å². The van der Waals surface area contributed by atoms with Crippen LogP contribution in [0.1, 0.15) is 13.8 Å². The topological polar surface area (TPSA) is 80.3 Å². The molecule has 4 aromatic carbocycles. The number of aliphatic carboxylic acids is 2. The second-order valence-electron chi connectivity index (χ2n) is 8.93. The SMILES string of the molecule is CC(=O)[O-].CC(=O)[O-].[Ru+2][C]1(P(c2ccccc2)c2ccccc2)C=CC=CC1P(c1ccccc1)c1ccccc1. The van der Waals surface area contributed by atoms with Gasteiger partial charge < -0.3 is 19.8 Å². The zero-order valence-corrected chi connectivity index (χ0v) is 26.3. The molecular formula is C34H31O4P2Ru. The summed E-state index contributed by atoms with van der Waals surface area (Å²) in [6, 6.07) is 44.4. The molecule has 7 heteroatoms. The minimum atomic E-state index is -1.08. The molecule has 0 amide bonds. The van der Waals surface area contributed by atoms with Gasteiger partial charge in [0.05, 0.1) is 0 Å². The number of benzene rings is 4. The molecule has 0 fully saturated rings. The molecule has 2 unspecified atom stereocenters. The van der Waals surface area contributed by atoms with Crippen LogP contribution in [0.15, 0.2) is 146 Å². The molecule has 209 valence electrons. The number of rotatable bonds is 6. The molecule has 0 aliphatic heterocycles. The summed E-state index contributed by atoms with van der Waals surface area (Å²) in [5.74, 6) is -2.17. The first kappa shape index (κ1) is 32.3. The van der Waals surface area contributed by atoms with Crippen molar-refractivity contribution in [1.29, 1.82) is 0 Å². The number of allylic oxidation sites excluding steroid dienone is 4. The quantitative estimate of drug-likeness (QED) is 0.233. The van der Waals surface area contributed by atoms with E-state index in [-0.39, 0.29) is 3.75 Å². The third kappa shape index (κ3) is 9.41. The molecule has 2 atom stereocenters. The summed E-state index contributed by atoms with van der Waals surface area (Å²) >= 11 is 3.21. The fraction of sp³-hybridized carbons (Fsp3) is 0.118. The number of hydrogen-bond acceptors (Lipinski definition) is 4. The standard InChI is InChI=1S/C30H25P2.2C2H4O2.Ru/c1-5-15-25(16-6-1)31(26-17-7-2-8-18-26)29-23-13-14-24-30(29)32(27-19-9-3-10-20-27)28-21-11-4-12-22-28;2*1-2(3)4;/h1-24,29H;2*1H3,(H,3,4);/q;;;+2/p-2. The Kier molecular flexibility index (Phi) is 12.8. The van der Waals surface area contributed by atoms with Crippen molar-refractivity contribution in [1.82, 2.24) is 0 Å². The van der Waals surface area contributed by atoms with Gasteiger partial charge in [0.25, 0.3) is 0 Å². The summed E-state index contributed by atoms with van der Waals surface area (Å²) in [5.41, 5.74) is 0.352. The normalized spacial score (nSPS) is 17.1. The van der Waals surface area contributed by atoms with E-state index in [0.717, 1.165) is 13.8 Å². The van der Waals surface area contributed by atoms with E-state index in [1.807, 2.05) is 0 Å². The molecule has 5 rings (SSSR count). The van der Waals surface area contributed by atoms with Crippen LogP contribution >= 0.6 is 15.8 Å². The Balaban J connectivity index is 0.000000515. The van der Waals surface area contributed by atoms with Gasteiger partial charge in [-0.15, -0.1) is 0 Å². The van der Waals surface area contributed by atoms with Crippen molar-refractivity contribution in [3.63, 3.8) is 0 Å². The van der Waals surface area contributed by atoms with E-state index in [0.29, 0.717) is 5.66 Å². The van der Waals surface area contributed by atoms with Crippen molar-refractivity contribution in [2.75, 3.05) is 0 Å². The van der Waals surface area contributed by atoms with Crippen LogP contribution in [-0.4, -0.2) is 21.3 Å². The van der Waals surface area contributed by atoms with Gasteiger partial charge in [-0.1, -0.05) is 0 Å². The van der Waals surface area contributed by atoms with Crippen molar-refractivity contribution in [3.8, 4) is 0 Å². The molecule has 0 saturated heterocycles. The van der Waals surface area contributed by atoms with Crippen LogP contribution in [-0.2, 0) is 27.9 Å². The first-order chi connectivity index (χ1) is 19.7. The van der Waals surface area contributed by atoms with Crippen molar-refractivity contribution in [2.24, 2.45) is 0 Å². The predicted octanol–water partition coefficient (Wildman–Crippen LogP) is 3.50. The van der Waals surface area contributed by atoms with E-state index in [4.69, 9.17) is 19.8 Å². The molecule has 4 nitrogen and oxygen atoms in total. The van der Waals surface area contributed by atoms with Gasteiger partial charge in [0.1, 0.15) is 0 Å². The summed E-state index contributed by atoms with van der Waals surface area (Å²) in [6.07, 6.45) is 9.42. The third-order valence-corrected chi connectivity index (χ3v) is 14.0. The Morgan fingerprint density at radius 1 is 0.610 bits per heavy atom. The molecule has 0 saturated carbocycles. The Hall–Kier alpha value is -3.22. The van der Waals surface area contributed by atoms with E-state index in [1.54, 1.807) is 0 Å². The van der Waals surface area contributed by atoms with Gasteiger partial charge in [-0.25, -0.2) is 0 Å². The molecule has 0 bridgehead atoms. The minimum absolute atomic E-state index is 0.0936. The van der Waals surface area contributed by atoms with Crippen LogP contribution in [0.3, 0.4) is 0 Å². The van der Waals surface area contributed by atoms with Crippen LogP contribution in [0.4, 0.5) is 0 Å². The van der Waals surface area contributed by atoms with Gasteiger partial charge in [0, 0.05) is 11.9 Å². The summed E-state index contributed by atoms with van der Waals surface area (Å²) in [4.78, 5) is 17.8. The molecule has 0 radical (unpaired) electrons. The van der Waals surface area contributed by atoms with Crippen LogP contribution in [0.25, 0.3) is 0 Å². The zero-order valence-electron chi connectivity index (χ0n) is 22.8. The van der Waals surface area contributed by atoms with Gasteiger partial charge in [0.2, 0.25) is 0 Å². The predicted molar refractivity (Wildman–Crippen MR) is 164 cm³/mol. The van der Waals surface area contributed by atoms with E-state index in [1.165, 1.54) is 21.2 Å². The average molecular weight is 667 g/mol. The first-order valence-corrected chi connectivity index (χ1v) is 16.5. The molecule has 0 aromatic heterocycles. The van der Waals surface area contributed by atoms with E-state index < -0.39 is 27.8 Å². The van der Waals surface area contributed by atoms with Gasteiger partial charge in [-0.3, -0.25) is 0 Å². The summed E-state index contributed by atoms with van der Waals surface area (Å²) in [6.45, 7) is 1.94. The monoisotopic (exact) mass is 667 g/mol. The summed E-state index contributed by atoms with van der Waals surface area (Å²) in [5, 5.41) is 23.5. The van der Waals surface area contributed by atoms with E-state index in [9.17, 15) is 0 Å². The Morgan fingerprint density at radius 3 is 1.27 bits per heavy atom. The molecular weight excluding hydrogens is 635 g/mol. The van der Waals surface area contributed by atoms with Gasteiger partial charge in [0.15, 0.2) is 0 Å². The second kappa shape index (κ2) is 16.3. The zero-order chi connectivity index (χ0) is 29.7. The number of hydrogen-bond donors (Lipinski definition) is 0. The fourth-order valence-corrected chi connectivity index (χ4v) is 12.7. The fourth-order valence-electron chi connectivity index (χ4n) is 4.40. The molecule has 1 aliphatic carbocycles. The molecule has 0 spiro atoms. The average Bonchev–Trinajstić information content (AvgIpc) is 2.96. The number of carboxylic acid groups (broad SMARTS) is 2. The second-order valence-corrected chi connectivity index (χ2v) is 15.8. The van der Waals surface area contributed by atoms with Crippen molar-refractivity contribution in [3.05, 3.63) is 146 Å². The Bertz CT molecular complexity index is 1330. The number of carbonyl (C=O) groups is 2. The third-order valence-electron chi connectivity index (χ3n) is 5.85. The number of carboxylic acids is 2. The summed E-state index contributed by atoms with van der Waals surface area (Å²) in [7, 11) is -1.27. The molecule has 41 heavy (non-hydrogen) atoms. The van der Waals surface area contributed by atoms with Crippen LogP contribution in [0.2, 0.25) is 0 Å². The van der Waals surface area contributed by atoms with Crippen LogP contribution in [0, 0.1) is 0 Å². The number of carbonyl (C=O) groups excluding carboxylic acids is 2. The molecule has 4 aromatic rings. The van der Waals surface area contributed by atoms with Crippen molar-refractivity contribution >= 4 is 49.0 Å². The first-order valence-electron chi connectivity index (χ1n) is 12.9. The molecule has 0 heterocycles. The maximum atomic E-state index is 8.89. The van der Waals surface area contributed by atoms with Gasteiger partial charge >= 0.3 is 210 Å². The molecule has 1 aliphatic rings.